The van der Waals surface area contributed by atoms with Crippen molar-refractivity contribution in [3.8, 4) is 0 Å². The minimum absolute atomic E-state index is 0.464. The van der Waals surface area contributed by atoms with E-state index >= 15 is 0 Å². The van der Waals surface area contributed by atoms with E-state index in [1.54, 1.807) is 7.11 Å². The molecule has 0 unspecified atom stereocenters. The van der Waals surface area contributed by atoms with Crippen molar-refractivity contribution < 1.29 is 4.74 Å². The van der Waals surface area contributed by atoms with Gasteiger partial charge in [0.25, 0.3) is 0 Å². The number of ether oxygens (including phenoxy) is 1. The van der Waals surface area contributed by atoms with E-state index in [1.165, 1.54) is 32.1 Å². The fourth-order valence-electron chi connectivity index (χ4n) is 1.99. The summed E-state index contributed by atoms with van der Waals surface area (Å²) >= 11 is 0. The van der Waals surface area contributed by atoms with Crippen LogP contribution in [0.25, 0.3) is 0 Å². The Bertz CT molecular complexity index is 116. The van der Waals surface area contributed by atoms with Crippen LogP contribution in [0.3, 0.4) is 0 Å². The van der Waals surface area contributed by atoms with Crippen molar-refractivity contribution in [1.82, 2.24) is 0 Å². The van der Waals surface area contributed by atoms with Gasteiger partial charge in [0.2, 0.25) is 0 Å². The molecular weight excluding hydrogens is 172 g/mol. The molecule has 0 aliphatic carbocycles. The molecule has 1 nitrogen and oxygen atoms in total. The van der Waals surface area contributed by atoms with Gasteiger partial charge in [0.05, 0.1) is 0 Å². The van der Waals surface area contributed by atoms with Crippen LogP contribution in [0.2, 0.25) is 0 Å². The van der Waals surface area contributed by atoms with Gasteiger partial charge in [-0.1, -0.05) is 47.0 Å². The van der Waals surface area contributed by atoms with E-state index in [9.17, 15) is 0 Å². The van der Waals surface area contributed by atoms with Gasteiger partial charge in [-0.3, -0.25) is 0 Å². The Morgan fingerprint density at radius 3 is 2.21 bits per heavy atom. The van der Waals surface area contributed by atoms with Crippen molar-refractivity contribution in [3.63, 3.8) is 0 Å². The van der Waals surface area contributed by atoms with E-state index in [4.69, 9.17) is 4.74 Å². The van der Waals surface area contributed by atoms with Gasteiger partial charge in [0, 0.05) is 13.7 Å². The fraction of sp³-hybridized carbons (Fsp3) is 1.00. The lowest BCUT2D eigenvalue weighted by atomic mass is 9.81. The average Bonchev–Trinajstić information content (AvgIpc) is 2.07. The SMILES string of the molecule is CCCC[C@H](CCOC)CC(C)(C)C. The maximum Gasteiger partial charge on any atom is 0.0464 e. The molecule has 1 heteroatoms. The summed E-state index contributed by atoms with van der Waals surface area (Å²) in [4.78, 5) is 0. The maximum atomic E-state index is 5.17. The molecule has 0 aromatic heterocycles. The van der Waals surface area contributed by atoms with Crippen LogP contribution in [0.5, 0.6) is 0 Å². The quantitative estimate of drug-likeness (QED) is 0.596. The molecule has 0 spiro atoms. The molecular formula is C13H28O. The Morgan fingerprint density at radius 2 is 1.79 bits per heavy atom. The minimum atomic E-state index is 0.464. The lowest BCUT2D eigenvalue weighted by Gasteiger charge is -2.25. The number of hydrogen-bond acceptors (Lipinski definition) is 1. The Kier molecular flexibility index (Phi) is 7.26. The van der Waals surface area contributed by atoms with E-state index in [0.717, 1.165) is 12.5 Å². The lowest BCUT2D eigenvalue weighted by Crippen LogP contribution is -2.15. The highest BCUT2D eigenvalue weighted by molar-refractivity contribution is 4.69. The second kappa shape index (κ2) is 7.28. The molecule has 0 saturated carbocycles. The normalized spacial score (nSPS) is 14.4. The van der Waals surface area contributed by atoms with Gasteiger partial charge in [0.15, 0.2) is 0 Å². The van der Waals surface area contributed by atoms with Gasteiger partial charge in [-0.15, -0.1) is 0 Å². The molecule has 0 bridgehead atoms. The summed E-state index contributed by atoms with van der Waals surface area (Å²) in [6, 6.07) is 0. The van der Waals surface area contributed by atoms with Crippen LogP contribution in [0.1, 0.15) is 59.8 Å². The van der Waals surface area contributed by atoms with Crippen molar-refractivity contribution in [2.75, 3.05) is 13.7 Å². The van der Waals surface area contributed by atoms with Crippen molar-refractivity contribution >= 4 is 0 Å². The Morgan fingerprint density at radius 1 is 1.14 bits per heavy atom. The molecule has 0 heterocycles. The van der Waals surface area contributed by atoms with E-state index in [0.29, 0.717) is 5.41 Å². The number of unbranched alkanes of at least 4 members (excludes halogenated alkanes) is 1. The second-order valence-electron chi connectivity index (χ2n) is 5.55. The molecule has 0 aromatic carbocycles. The van der Waals surface area contributed by atoms with E-state index < -0.39 is 0 Å². The fourth-order valence-corrected chi connectivity index (χ4v) is 1.99. The highest BCUT2D eigenvalue weighted by Gasteiger charge is 2.17. The summed E-state index contributed by atoms with van der Waals surface area (Å²) in [5.41, 5.74) is 0.464. The maximum absolute atomic E-state index is 5.17. The van der Waals surface area contributed by atoms with Crippen molar-refractivity contribution in [3.05, 3.63) is 0 Å². The highest BCUT2D eigenvalue weighted by Crippen LogP contribution is 2.29. The van der Waals surface area contributed by atoms with Gasteiger partial charge >= 0.3 is 0 Å². The summed E-state index contributed by atoms with van der Waals surface area (Å²) in [5.74, 6) is 0.856. The summed E-state index contributed by atoms with van der Waals surface area (Å²) in [5, 5.41) is 0. The summed E-state index contributed by atoms with van der Waals surface area (Å²) in [6.07, 6.45) is 6.61. The Labute approximate surface area is 90.2 Å². The average molecular weight is 200 g/mol. The third-order valence-electron chi connectivity index (χ3n) is 2.60. The van der Waals surface area contributed by atoms with Crippen LogP contribution in [-0.2, 0) is 4.74 Å². The Balaban J connectivity index is 3.84. The molecule has 0 aliphatic rings. The lowest BCUT2D eigenvalue weighted by molar-refractivity contribution is 0.157. The van der Waals surface area contributed by atoms with E-state index in [-0.39, 0.29) is 0 Å². The highest BCUT2D eigenvalue weighted by atomic mass is 16.5. The van der Waals surface area contributed by atoms with Gasteiger partial charge in [-0.2, -0.15) is 0 Å². The molecule has 0 N–H and O–H groups in total. The number of methoxy groups -OCH3 is 1. The Hall–Kier alpha value is -0.0400. The third kappa shape index (κ3) is 8.55. The van der Waals surface area contributed by atoms with Crippen molar-refractivity contribution in [2.45, 2.75) is 59.8 Å². The van der Waals surface area contributed by atoms with Gasteiger partial charge in [0.1, 0.15) is 0 Å². The van der Waals surface area contributed by atoms with Gasteiger partial charge < -0.3 is 4.74 Å². The molecule has 0 saturated heterocycles. The molecule has 14 heavy (non-hydrogen) atoms. The van der Waals surface area contributed by atoms with Crippen LogP contribution < -0.4 is 0 Å². The summed E-state index contributed by atoms with van der Waals surface area (Å²) in [6.45, 7) is 10.2. The largest absolute Gasteiger partial charge is 0.385 e. The third-order valence-corrected chi connectivity index (χ3v) is 2.60. The van der Waals surface area contributed by atoms with Crippen LogP contribution >= 0.6 is 0 Å². The van der Waals surface area contributed by atoms with Crippen LogP contribution in [0.4, 0.5) is 0 Å². The smallest absolute Gasteiger partial charge is 0.0464 e. The first-order valence-electron chi connectivity index (χ1n) is 5.98. The van der Waals surface area contributed by atoms with Gasteiger partial charge in [-0.05, 0) is 24.2 Å². The number of rotatable bonds is 7. The first-order chi connectivity index (χ1) is 6.49. The van der Waals surface area contributed by atoms with E-state index in [1.807, 2.05) is 0 Å². The molecule has 1 atom stereocenters. The van der Waals surface area contributed by atoms with Crippen molar-refractivity contribution in [1.29, 1.82) is 0 Å². The summed E-state index contributed by atoms with van der Waals surface area (Å²) < 4.78 is 5.17. The van der Waals surface area contributed by atoms with Crippen LogP contribution in [0, 0.1) is 11.3 Å². The second-order valence-corrected chi connectivity index (χ2v) is 5.55. The van der Waals surface area contributed by atoms with E-state index in [2.05, 4.69) is 27.7 Å². The molecule has 0 fully saturated rings. The van der Waals surface area contributed by atoms with Crippen LogP contribution in [-0.4, -0.2) is 13.7 Å². The molecule has 86 valence electrons. The standard InChI is InChI=1S/C13H28O/c1-6-7-8-12(9-10-14-5)11-13(2,3)4/h12H,6-11H2,1-5H3/t12-/m1/s1. The molecule has 0 radical (unpaired) electrons. The monoisotopic (exact) mass is 200 g/mol. The zero-order chi connectivity index (χ0) is 11.0. The van der Waals surface area contributed by atoms with Crippen LogP contribution in [0.15, 0.2) is 0 Å². The molecule has 0 rings (SSSR count). The molecule has 0 aliphatic heterocycles. The van der Waals surface area contributed by atoms with Gasteiger partial charge in [-0.25, -0.2) is 0 Å². The van der Waals surface area contributed by atoms with Crippen molar-refractivity contribution in [2.24, 2.45) is 11.3 Å². The topological polar surface area (TPSA) is 9.23 Å². The zero-order valence-electron chi connectivity index (χ0n) is 10.7. The predicted octanol–water partition coefficient (Wildman–Crippen LogP) is 4.27. The molecule has 0 aromatic rings. The zero-order valence-corrected chi connectivity index (χ0v) is 10.7. The minimum Gasteiger partial charge on any atom is -0.385 e. The molecule has 0 amide bonds. The first-order valence-corrected chi connectivity index (χ1v) is 5.98. The summed E-state index contributed by atoms with van der Waals surface area (Å²) in [7, 11) is 1.80. The first kappa shape index (κ1) is 14.0. The number of hydrogen-bond donors (Lipinski definition) is 0. The predicted molar refractivity (Wildman–Crippen MR) is 63.6 cm³/mol.